The predicted molar refractivity (Wildman–Crippen MR) is 181 cm³/mol. The van der Waals surface area contributed by atoms with Crippen LogP contribution in [-0.2, 0) is 19.6 Å². The zero-order chi connectivity index (χ0) is 34.5. The van der Waals surface area contributed by atoms with Crippen molar-refractivity contribution in [2.75, 3.05) is 6.61 Å². The summed E-state index contributed by atoms with van der Waals surface area (Å²) in [5, 5.41) is 43.4. The number of aliphatic hydroxyl groups is 1. The minimum atomic E-state index is -0.800. The van der Waals surface area contributed by atoms with Gasteiger partial charge < -0.3 is 25.8 Å². The molecule has 0 saturated heterocycles. The van der Waals surface area contributed by atoms with E-state index in [1.54, 1.807) is 42.7 Å². The molecular formula is C35H30Cl2FN7O4. The highest BCUT2D eigenvalue weighted by Crippen LogP contribution is 2.34. The molecule has 49 heavy (non-hydrogen) atoms. The molecule has 250 valence electrons. The molecular weight excluding hydrogens is 672 g/mol. The molecule has 0 bridgehead atoms. The van der Waals surface area contributed by atoms with E-state index in [1.807, 2.05) is 18.2 Å². The van der Waals surface area contributed by atoms with Gasteiger partial charge in [-0.1, -0.05) is 41.4 Å². The van der Waals surface area contributed by atoms with Crippen LogP contribution in [0.3, 0.4) is 0 Å². The summed E-state index contributed by atoms with van der Waals surface area (Å²) in [6.07, 6.45) is 9.16. The second-order valence-corrected chi connectivity index (χ2v) is 12.2. The lowest BCUT2D eigenvalue weighted by Gasteiger charge is -2.23. The lowest BCUT2D eigenvalue weighted by Crippen LogP contribution is -2.31. The smallest absolute Gasteiger partial charge is 0.268 e. The highest BCUT2D eigenvalue weighted by molar-refractivity contribution is 6.31. The Labute approximate surface area is 290 Å². The monoisotopic (exact) mass is 701 g/mol. The van der Waals surface area contributed by atoms with Crippen molar-refractivity contribution in [3.63, 3.8) is 0 Å². The Morgan fingerprint density at radius 2 is 1.57 bits per heavy atom. The molecule has 1 amide bonds. The Hall–Kier alpha value is -5.27. The fourth-order valence-corrected chi connectivity index (χ4v) is 5.89. The van der Waals surface area contributed by atoms with Gasteiger partial charge in [0, 0.05) is 66.2 Å². The first-order chi connectivity index (χ1) is 23.7. The number of aromatic amines is 2. The van der Waals surface area contributed by atoms with Crippen LogP contribution in [0.2, 0.25) is 10.0 Å². The van der Waals surface area contributed by atoms with E-state index in [1.165, 1.54) is 43.0 Å². The van der Waals surface area contributed by atoms with E-state index in [-0.39, 0.29) is 10.7 Å². The Kier molecular flexibility index (Phi) is 10.2. The number of halogens is 3. The first-order valence-corrected chi connectivity index (χ1v) is 15.9. The lowest BCUT2D eigenvalue weighted by molar-refractivity contribution is -0.605. The summed E-state index contributed by atoms with van der Waals surface area (Å²) in [7, 11) is 0. The van der Waals surface area contributed by atoms with Crippen LogP contribution >= 0.6 is 23.2 Å². The van der Waals surface area contributed by atoms with Crippen LogP contribution in [0.15, 0.2) is 104 Å². The van der Waals surface area contributed by atoms with E-state index in [0.29, 0.717) is 41.5 Å². The van der Waals surface area contributed by atoms with Gasteiger partial charge in [0.1, 0.15) is 11.5 Å². The van der Waals surface area contributed by atoms with Crippen molar-refractivity contribution in [1.82, 2.24) is 25.4 Å². The number of pyridine rings is 2. The number of H-pyrrole nitrogens is 2. The number of carbonyl (C=O) groups is 1. The molecule has 4 aromatic heterocycles. The van der Waals surface area contributed by atoms with Crippen molar-refractivity contribution in [3.8, 4) is 22.4 Å². The average molecular weight is 703 g/mol. The predicted octanol–water partition coefficient (Wildman–Crippen LogP) is 5.45. The molecule has 6 aromatic rings. The Morgan fingerprint density at radius 3 is 2.18 bits per heavy atom. The molecule has 4 heterocycles. The first kappa shape index (κ1) is 33.6. The molecule has 0 radical (unpaired) electrons. The topological polar surface area (TPSA) is 151 Å². The Balaban J connectivity index is 1.19. The van der Waals surface area contributed by atoms with Crippen molar-refractivity contribution in [1.29, 1.82) is 0 Å². The van der Waals surface area contributed by atoms with Gasteiger partial charge in [-0.2, -0.15) is 14.6 Å². The molecule has 0 aliphatic rings. The SMILES string of the molecule is O=C(N[C@H](CO)c1ccc(F)c(Cl)c1)c1cc(-c2[nH]ncc2-c2ccc(CN(Cc3cc[n+]([O-])cc3)Cc3cc[n+]([O-])cc3)c(Cl)c2)c[nH]1. The molecule has 14 heteroatoms. The summed E-state index contributed by atoms with van der Waals surface area (Å²) < 4.78 is 15.1. The summed E-state index contributed by atoms with van der Waals surface area (Å²) in [6, 6.07) is 17.7. The van der Waals surface area contributed by atoms with Gasteiger partial charge in [0.05, 0.1) is 29.6 Å². The maximum atomic E-state index is 13.6. The first-order valence-electron chi connectivity index (χ1n) is 15.1. The van der Waals surface area contributed by atoms with Crippen LogP contribution in [0.5, 0.6) is 0 Å². The number of rotatable bonds is 12. The van der Waals surface area contributed by atoms with Gasteiger partial charge in [-0.3, -0.25) is 14.8 Å². The fraction of sp³-hybridized carbons (Fsp3) is 0.143. The van der Waals surface area contributed by atoms with Gasteiger partial charge in [-0.25, -0.2) is 4.39 Å². The third kappa shape index (κ3) is 8.07. The second-order valence-electron chi connectivity index (χ2n) is 11.4. The fourth-order valence-electron chi connectivity index (χ4n) is 5.46. The molecule has 6 rings (SSSR count). The molecule has 1 atom stereocenters. The molecule has 0 spiro atoms. The summed E-state index contributed by atoms with van der Waals surface area (Å²) in [5.74, 6) is -1.07. The maximum Gasteiger partial charge on any atom is 0.268 e. The quantitative estimate of drug-likeness (QED) is 0.0984. The van der Waals surface area contributed by atoms with Gasteiger partial charge in [0.15, 0.2) is 24.8 Å². The second kappa shape index (κ2) is 14.9. The molecule has 0 aliphatic carbocycles. The maximum absolute atomic E-state index is 13.6. The minimum absolute atomic E-state index is 0.109. The van der Waals surface area contributed by atoms with Gasteiger partial charge >= 0.3 is 0 Å². The molecule has 0 aliphatic heterocycles. The van der Waals surface area contributed by atoms with Crippen molar-refractivity contribution in [2.45, 2.75) is 25.7 Å². The normalized spacial score (nSPS) is 11.9. The highest BCUT2D eigenvalue weighted by atomic mass is 35.5. The molecule has 0 fully saturated rings. The number of hydrogen-bond acceptors (Lipinski definition) is 6. The van der Waals surface area contributed by atoms with E-state index in [2.05, 4.69) is 25.4 Å². The van der Waals surface area contributed by atoms with E-state index in [4.69, 9.17) is 23.2 Å². The molecule has 0 unspecified atom stereocenters. The summed E-state index contributed by atoms with van der Waals surface area (Å²) in [6.45, 7) is 1.15. The molecule has 4 N–H and O–H groups in total. The van der Waals surface area contributed by atoms with Gasteiger partial charge in [-0.05, 0) is 52.1 Å². The molecule has 0 saturated carbocycles. The number of hydrogen-bond donors (Lipinski definition) is 4. The van der Waals surface area contributed by atoms with E-state index < -0.39 is 24.4 Å². The number of aliphatic hydroxyl groups excluding tert-OH is 1. The number of carbonyl (C=O) groups excluding carboxylic acids is 1. The lowest BCUT2D eigenvalue weighted by atomic mass is 10.0. The van der Waals surface area contributed by atoms with Crippen LogP contribution in [0, 0.1) is 16.2 Å². The zero-order valence-electron chi connectivity index (χ0n) is 25.8. The molecule has 2 aromatic carbocycles. The largest absolute Gasteiger partial charge is 0.619 e. The number of amides is 1. The van der Waals surface area contributed by atoms with E-state index in [9.17, 15) is 24.7 Å². The van der Waals surface area contributed by atoms with Gasteiger partial charge in [-0.15, -0.1) is 0 Å². The van der Waals surface area contributed by atoms with Crippen molar-refractivity contribution < 1.29 is 23.8 Å². The average Bonchev–Trinajstić information content (AvgIpc) is 3.79. The number of nitrogens with zero attached hydrogens (tertiary/aromatic N) is 4. The Bertz CT molecular complexity index is 2020. The van der Waals surface area contributed by atoms with E-state index in [0.717, 1.165) is 37.3 Å². The van der Waals surface area contributed by atoms with Crippen LogP contribution in [0.1, 0.15) is 38.8 Å². The minimum Gasteiger partial charge on any atom is -0.619 e. The third-order valence-electron chi connectivity index (χ3n) is 8.00. The van der Waals surface area contributed by atoms with Crippen LogP contribution in [-0.4, -0.2) is 37.7 Å². The number of aromatic nitrogens is 5. The van der Waals surface area contributed by atoms with E-state index >= 15 is 0 Å². The third-order valence-corrected chi connectivity index (χ3v) is 8.64. The number of nitrogens with one attached hydrogen (secondary N) is 3. The molecule has 11 nitrogen and oxygen atoms in total. The van der Waals surface area contributed by atoms with Gasteiger partial charge in [0.2, 0.25) is 0 Å². The highest BCUT2D eigenvalue weighted by Gasteiger charge is 2.20. The van der Waals surface area contributed by atoms with Crippen molar-refractivity contribution in [2.24, 2.45) is 0 Å². The van der Waals surface area contributed by atoms with Crippen molar-refractivity contribution in [3.05, 3.63) is 158 Å². The summed E-state index contributed by atoms with van der Waals surface area (Å²) in [5.41, 5.74) is 6.36. The van der Waals surface area contributed by atoms with Crippen LogP contribution < -0.4 is 14.8 Å². The van der Waals surface area contributed by atoms with Crippen molar-refractivity contribution >= 4 is 29.1 Å². The van der Waals surface area contributed by atoms with Gasteiger partial charge in [0.25, 0.3) is 5.91 Å². The summed E-state index contributed by atoms with van der Waals surface area (Å²) >= 11 is 12.7. The van der Waals surface area contributed by atoms with Crippen LogP contribution in [0.25, 0.3) is 22.4 Å². The standard InChI is InChI=1S/C35H30Cl2FN7O4/c36-29-13-24(1-2-26(29)20-43(18-22-5-9-44(48)10-6-22)19-23-7-11-45(49)12-8-23)28-17-40-42-34(28)27-15-32(39-16-27)35(47)41-33(21-46)25-3-4-31(38)30(37)14-25/h1-17,33,39,46H,18-21H2,(H,40,42)(H,41,47)/t33-/m1/s1. The zero-order valence-corrected chi connectivity index (χ0v) is 27.3. The Morgan fingerprint density at radius 1 is 0.898 bits per heavy atom. The number of benzene rings is 2. The van der Waals surface area contributed by atoms with Crippen LogP contribution in [0.4, 0.5) is 4.39 Å². The summed E-state index contributed by atoms with van der Waals surface area (Å²) in [4.78, 5) is 18.2.